The fourth-order valence-corrected chi connectivity index (χ4v) is 1.94. The second-order valence-electron chi connectivity index (χ2n) is 4.28. The molecule has 0 spiro atoms. The molecule has 4 nitrogen and oxygen atoms in total. The number of carbonyl (C=O) groups excluding carboxylic acids is 2. The Kier molecular flexibility index (Phi) is 3.60. The fourth-order valence-electron chi connectivity index (χ4n) is 1.94. The van der Waals surface area contributed by atoms with Gasteiger partial charge in [0.25, 0.3) is 0 Å². The Hall–Kier alpha value is -1.91. The van der Waals surface area contributed by atoms with Gasteiger partial charge in [-0.25, -0.2) is 4.39 Å². The molecule has 1 fully saturated rings. The molecule has 0 aliphatic carbocycles. The van der Waals surface area contributed by atoms with Gasteiger partial charge in [-0.05, 0) is 24.6 Å². The normalized spacial score (nSPS) is 15.3. The van der Waals surface area contributed by atoms with Crippen molar-refractivity contribution in [2.24, 2.45) is 0 Å². The summed E-state index contributed by atoms with van der Waals surface area (Å²) in [6, 6.07) is 4.22. The summed E-state index contributed by atoms with van der Waals surface area (Å²) in [7, 11) is 0. The van der Waals surface area contributed by atoms with E-state index in [0.717, 1.165) is 13.0 Å². The van der Waals surface area contributed by atoms with Crippen molar-refractivity contribution in [1.82, 2.24) is 0 Å². The number of halogens is 1. The lowest BCUT2D eigenvalue weighted by atomic mass is 10.2. The maximum atomic E-state index is 13.3. The Bertz CT molecular complexity index is 488. The summed E-state index contributed by atoms with van der Waals surface area (Å²) in [5.41, 5.74) is 1.13. The number of ketones is 1. The third kappa shape index (κ3) is 2.50. The zero-order valence-electron chi connectivity index (χ0n) is 10.2. The number of hydrogen-bond acceptors (Lipinski definition) is 3. The molecule has 0 radical (unpaired) electrons. The largest absolute Gasteiger partial charge is 0.383 e. The molecule has 0 aromatic heterocycles. The Morgan fingerprint density at radius 1 is 1.39 bits per heavy atom. The highest BCUT2D eigenvalue weighted by Gasteiger charge is 2.30. The average Bonchev–Trinajstić information content (AvgIpc) is 2.67. The van der Waals surface area contributed by atoms with E-state index in [1.807, 2.05) is 6.92 Å². The van der Waals surface area contributed by atoms with Crippen molar-refractivity contribution >= 4 is 23.1 Å². The average molecular weight is 250 g/mol. The summed E-state index contributed by atoms with van der Waals surface area (Å²) in [6.07, 6.45) is 0.827. The van der Waals surface area contributed by atoms with Gasteiger partial charge in [0.2, 0.25) is 5.91 Å². The van der Waals surface area contributed by atoms with E-state index >= 15 is 0 Å². The molecule has 2 rings (SSSR count). The van der Waals surface area contributed by atoms with Gasteiger partial charge in [0.05, 0.1) is 24.3 Å². The van der Waals surface area contributed by atoms with Crippen LogP contribution in [0.5, 0.6) is 0 Å². The van der Waals surface area contributed by atoms with Crippen molar-refractivity contribution in [3.05, 3.63) is 24.0 Å². The molecule has 1 amide bonds. The summed E-state index contributed by atoms with van der Waals surface area (Å²) in [4.78, 5) is 24.3. The van der Waals surface area contributed by atoms with Crippen molar-refractivity contribution in [1.29, 1.82) is 0 Å². The number of carbonyl (C=O) groups is 2. The van der Waals surface area contributed by atoms with Crippen LogP contribution in [-0.2, 0) is 9.59 Å². The van der Waals surface area contributed by atoms with Crippen LogP contribution in [0.15, 0.2) is 18.2 Å². The molecular weight excluding hydrogens is 235 g/mol. The first-order valence-electron chi connectivity index (χ1n) is 5.97. The van der Waals surface area contributed by atoms with Crippen LogP contribution in [0.1, 0.15) is 19.8 Å². The zero-order valence-corrected chi connectivity index (χ0v) is 10.2. The Labute approximate surface area is 105 Å². The molecule has 1 saturated heterocycles. The van der Waals surface area contributed by atoms with E-state index < -0.39 is 5.82 Å². The molecule has 1 aromatic rings. The minimum atomic E-state index is -0.417. The zero-order chi connectivity index (χ0) is 13.1. The molecule has 1 aliphatic heterocycles. The lowest BCUT2D eigenvalue weighted by molar-refractivity contribution is -0.121. The summed E-state index contributed by atoms with van der Waals surface area (Å²) in [5.74, 6) is -0.824. The van der Waals surface area contributed by atoms with E-state index in [2.05, 4.69) is 5.32 Å². The minimum absolute atomic E-state index is 0.0308. The van der Waals surface area contributed by atoms with Crippen LogP contribution in [-0.4, -0.2) is 24.8 Å². The van der Waals surface area contributed by atoms with E-state index in [9.17, 15) is 14.0 Å². The predicted molar refractivity (Wildman–Crippen MR) is 67.2 cm³/mol. The second-order valence-corrected chi connectivity index (χ2v) is 4.28. The van der Waals surface area contributed by atoms with Crippen LogP contribution in [0, 0.1) is 5.82 Å². The highest BCUT2D eigenvalue weighted by Crippen LogP contribution is 2.29. The number of anilines is 2. The van der Waals surface area contributed by atoms with Gasteiger partial charge in [-0.15, -0.1) is 0 Å². The minimum Gasteiger partial charge on any atom is -0.383 e. The highest BCUT2D eigenvalue weighted by atomic mass is 19.1. The number of rotatable bonds is 4. The van der Waals surface area contributed by atoms with Gasteiger partial charge < -0.3 is 10.2 Å². The third-order valence-electron chi connectivity index (χ3n) is 2.80. The number of hydrogen-bond donors (Lipinski definition) is 1. The summed E-state index contributed by atoms with van der Waals surface area (Å²) in [5, 5.41) is 3.13. The van der Waals surface area contributed by atoms with Crippen LogP contribution >= 0.6 is 0 Å². The topological polar surface area (TPSA) is 49.4 Å². The Balaban J connectivity index is 2.32. The second kappa shape index (κ2) is 5.16. The molecule has 1 heterocycles. The maximum absolute atomic E-state index is 13.3. The van der Waals surface area contributed by atoms with Gasteiger partial charge in [0.15, 0.2) is 5.78 Å². The summed E-state index contributed by atoms with van der Waals surface area (Å²) >= 11 is 0. The number of nitrogens with one attached hydrogen (secondary N) is 1. The van der Waals surface area contributed by atoms with E-state index in [4.69, 9.17) is 0 Å². The van der Waals surface area contributed by atoms with Crippen LogP contribution in [0.25, 0.3) is 0 Å². The molecule has 0 saturated carbocycles. The number of benzene rings is 1. The number of amides is 1. The first kappa shape index (κ1) is 12.5. The molecule has 96 valence electrons. The van der Waals surface area contributed by atoms with Crippen molar-refractivity contribution < 1.29 is 14.0 Å². The molecule has 18 heavy (non-hydrogen) atoms. The van der Waals surface area contributed by atoms with Crippen molar-refractivity contribution in [3.63, 3.8) is 0 Å². The van der Waals surface area contributed by atoms with Crippen LogP contribution in [0.2, 0.25) is 0 Å². The molecule has 0 atom stereocenters. The van der Waals surface area contributed by atoms with E-state index in [1.165, 1.54) is 17.0 Å². The lowest BCUT2D eigenvalue weighted by Gasteiger charge is -2.19. The highest BCUT2D eigenvalue weighted by molar-refractivity contribution is 6.16. The standard InChI is InChI=1S/C13H15FN2O2/c1-2-5-15-11-4-3-9(14)6-12(11)16-8-10(17)7-13(16)18/h3-4,6,15H,2,5,7-8H2,1H3. The van der Waals surface area contributed by atoms with Gasteiger partial charge in [-0.3, -0.25) is 9.59 Å². The maximum Gasteiger partial charge on any atom is 0.234 e. The van der Waals surface area contributed by atoms with Crippen molar-refractivity contribution in [3.8, 4) is 0 Å². The third-order valence-corrected chi connectivity index (χ3v) is 2.80. The SMILES string of the molecule is CCCNc1ccc(F)cc1N1CC(=O)CC1=O. The summed E-state index contributed by atoms with van der Waals surface area (Å²) < 4.78 is 13.3. The van der Waals surface area contributed by atoms with E-state index in [0.29, 0.717) is 11.4 Å². The molecule has 0 bridgehead atoms. The Morgan fingerprint density at radius 3 is 2.78 bits per heavy atom. The van der Waals surface area contributed by atoms with Gasteiger partial charge in [-0.1, -0.05) is 6.92 Å². The number of Topliss-reactive ketones (excluding diaryl/α,β-unsaturated/α-hetero) is 1. The van der Waals surface area contributed by atoms with Gasteiger partial charge in [-0.2, -0.15) is 0 Å². The first-order valence-corrected chi connectivity index (χ1v) is 5.97. The van der Waals surface area contributed by atoms with Crippen LogP contribution < -0.4 is 10.2 Å². The van der Waals surface area contributed by atoms with Gasteiger partial charge >= 0.3 is 0 Å². The molecule has 1 aromatic carbocycles. The molecule has 1 N–H and O–H groups in total. The molecule has 1 aliphatic rings. The monoisotopic (exact) mass is 250 g/mol. The molecular formula is C13H15FN2O2. The van der Waals surface area contributed by atoms with Crippen LogP contribution in [0.4, 0.5) is 15.8 Å². The quantitative estimate of drug-likeness (QED) is 0.831. The number of nitrogens with zero attached hydrogens (tertiary/aromatic N) is 1. The van der Waals surface area contributed by atoms with Crippen molar-refractivity contribution in [2.75, 3.05) is 23.3 Å². The fraction of sp³-hybridized carbons (Fsp3) is 0.385. The van der Waals surface area contributed by atoms with Gasteiger partial charge in [0.1, 0.15) is 5.82 Å². The lowest BCUT2D eigenvalue weighted by Crippen LogP contribution is -2.25. The van der Waals surface area contributed by atoms with Gasteiger partial charge in [0, 0.05) is 6.54 Å². The molecule has 0 unspecified atom stereocenters. The first-order chi connectivity index (χ1) is 8.61. The summed E-state index contributed by atoms with van der Waals surface area (Å²) in [6.45, 7) is 2.78. The Morgan fingerprint density at radius 2 is 2.17 bits per heavy atom. The molecule has 5 heteroatoms. The van der Waals surface area contributed by atoms with Crippen molar-refractivity contribution in [2.45, 2.75) is 19.8 Å². The van der Waals surface area contributed by atoms with E-state index in [-0.39, 0.29) is 24.7 Å². The predicted octanol–water partition coefficient (Wildman–Crippen LogP) is 1.95. The van der Waals surface area contributed by atoms with Crippen LogP contribution in [0.3, 0.4) is 0 Å². The smallest absolute Gasteiger partial charge is 0.234 e. The van der Waals surface area contributed by atoms with E-state index in [1.54, 1.807) is 6.07 Å².